The molecule has 5 rings (SSSR count). The van der Waals surface area contributed by atoms with Crippen LogP contribution in [-0.4, -0.2) is 57.6 Å². The molecule has 0 saturated carbocycles. The molecule has 4 aromatic rings. The van der Waals surface area contributed by atoms with E-state index in [-0.39, 0.29) is 15.8 Å². The molecule has 0 spiro atoms. The zero-order valence-corrected chi connectivity index (χ0v) is 22.1. The summed E-state index contributed by atoms with van der Waals surface area (Å²) in [6.07, 6.45) is -3.97. The fourth-order valence-electron chi connectivity index (χ4n) is 4.20. The highest BCUT2D eigenvalue weighted by Crippen LogP contribution is 2.34. The van der Waals surface area contributed by atoms with Crippen molar-refractivity contribution in [1.29, 1.82) is 0 Å². The molecule has 1 fully saturated rings. The van der Waals surface area contributed by atoms with E-state index in [9.17, 15) is 19.2 Å². The van der Waals surface area contributed by atoms with Crippen molar-refractivity contribution in [2.24, 2.45) is 0 Å². The molecular weight excluding hydrogens is 550 g/mol. The zero-order chi connectivity index (χ0) is 28.8. The van der Waals surface area contributed by atoms with E-state index in [0.29, 0.717) is 5.56 Å². The second-order valence-corrected chi connectivity index (χ2v) is 9.32. The van der Waals surface area contributed by atoms with E-state index in [1.807, 2.05) is 0 Å². The lowest BCUT2D eigenvalue weighted by Crippen LogP contribution is -2.43. The van der Waals surface area contributed by atoms with Gasteiger partial charge in [0.25, 0.3) is 0 Å². The van der Waals surface area contributed by atoms with Crippen molar-refractivity contribution in [3.05, 3.63) is 129 Å². The molecule has 0 unspecified atom stereocenters. The molecule has 208 valence electrons. The predicted molar refractivity (Wildman–Crippen MR) is 146 cm³/mol. The largest absolute Gasteiger partial charge is 0.459 e. The van der Waals surface area contributed by atoms with Crippen LogP contribution in [0.15, 0.2) is 102 Å². The zero-order valence-electron chi connectivity index (χ0n) is 21.3. The maximum absolute atomic E-state index is 13.1. The molecule has 3 aromatic carbocycles. The van der Waals surface area contributed by atoms with Crippen LogP contribution >= 0.6 is 12.2 Å². The highest BCUT2D eigenvalue weighted by atomic mass is 32.1. The standard InChI is InChI=1S/C29H23N3O8S/c33-26(18-10-4-1-5-11-18)37-17-21-23(39-27(34)19-12-6-2-7-13-19)24(40-28(35)20-14-8-3-9-15-20)25(38-21)32-29(36)31-22(41)16-30-32/h1-16,21,23-25H,17H2,(H,31,36,41)/t21-,23+,24+,25-/m1/s1. The van der Waals surface area contributed by atoms with Crippen molar-refractivity contribution in [3.63, 3.8) is 0 Å². The summed E-state index contributed by atoms with van der Waals surface area (Å²) in [5.41, 5.74) is -0.0203. The molecule has 1 saturated heterocycles. The first-order valence-corrected chi connectivity index (χ1v) is 12.9. The van der Waals surface area contributed by atoms with Crippen molar-refractivity contribution in [2.75, 3.05) is 6.61 Å². The van der Waals surface area contributed by atoms with Gasteiger partial charge in [0.15, 0.2) is 18.4 Å². The molecule has 4 atom stereocenters. The van der Waals surface area contributed by atoms with Crippen LogP contribution in [-0.2, 0) is 18.9 Å². The normalized spacial score (nSPS) is 19.7. The maximum atomic E-state index is 13.1. The minimum absolute atomic E-state index is 0.0717. The van der Waals surface area contributed by atoms with Crippen molar-refractivity contribution in [3.8, 4) is 0 Å². The van der Waals surface area contributed by atoms with Gasteiger partial charge >= 0.3 is 23.6 Å². The van der Waals surface area contributed by atoms with Crippen LogP contribution in [0.1, 0.15) is 37.3 Å². The molecule has 0 bridgehead atoms. The molecule has 0 amide bonds. The molecule has 1 N–H and O–H groups in total. The molecule has 1 aliphatic heterocycles. The number of esters is 3. The monoisotopic (exact) mass is 573 g/mol. The van der Waals surface area contributed by atoms with E-state index in [1.54, 1.807) is 91.0 Å². The van der Waals surface area contributed by atoms with Crippen LogP contribution < -0.4 is 5.69 Å². The highest BCUT2D eigenvalue weighted by Gasteiger charge is 2.52. The number of carbonyl (C=O) groups is 3. The maximum Gasteiger partial charge on any atom is 0.345 e. The number of hydrogen-bond donors (Lipinski definition) is 1. The lowest BCUT2D eigenvalue weighted by molar-refractivity contribution is -0.0699. The number of hydrogen-bond acceptors (Lipinski definition) is 10. The van der Waals surface area contributed by atoms with Gasteiger partial charge in [0.1, 0.15) is 17.4 Å². The Morgan fingerprint density at radius 1 is 0.780 bits per heavy atom. The molecule has 2 heterocycles. The Hall–Kier alpha value is -4.94. The Morgan fingerprint density at radius 3 is 1.78 bits per heavy atom. The second kappa shape index (κ2) is 12.5. The molecular formula is C29H23N3O8S. The van der Waals surface area contributed by atoms with Crippen LogP contribution in [0, 0.1) is 4.64 Å². The Morgan fingerprint density at radius 2 is 1.27 bits per heavy atom. The van der Waals surface area contributed by atoms with E-state index in [1.165, 1.54) is 6.20 Å². The fraction of sp³-hybridized carbons (Fsp3) is 0.172. The topological polar surface area (TPSA) is 139 Å². The van der Waals surface area contributed by atoms with E-state index >= 15 is 0 Å². The van der Waals surface area contributed by atoms with Gasteiger partial charge in [-0.3, -0.25) is 4.98 Å². The third-order valence-corrected chi connectivity index (χ3v) is 6.37. The van der Waals surface area contributed by atoms with Gasteiger partial charge in [0, 0.05) is 0 Å². The summed E-state index contributed by atoms with van der Waals surface area (Å²) in [5, 5.41) is 4.04. The molecule has 1 aliphatic rings. The summed E-state index contributed by atoms with van der Waals surface area (Å²) in [4.78, 5) is 54.2. The average Bonchev–Trinajstić information content (AvgIpc) is 3.33. The molecule has 12 heteroatoms. The number of rotatable bonds is 8. The summed E-state index contributed by atoms with van der Waals surface area (Å²) in [7, 11) is 0. The number of benzene rings is 3. The predicted octanol–water partition coefficient (Wildman–Crippen LogP) is 3.51. The number of aromatic nitrogens is 3. The average molecular weight is 574 g/mol. The molecule has 41 heavy (non-hydrogen) atoms. The number of nitrogens with zero attached hydrogens (tertiary/aromatic N) is 2. The first kappa shape index (κ1) is 27.6. The van der Waals surface area contributed by atoms with Crippen LogP contribution in [0.3, 0.4) is 0 Å². The van der Waals surface area contributed by atoms with Crippen molar-refractivity contribution in [2.45, 2.75) is 24.5 Å². The third-order valence-electron chi connectivity index (χ3n) is 6.16. The first-order chi connectivity index (χ1) is 19.9. The van der Waals surface area contributed by atoms with E-state index in [0.717, 1.165) is 4.68 Å². The summed E-state index contributed by atoms with van der Waals surface area (Å²) in [6, 6.07) is 24.5. The van der Waals surface area contributed by atoms with Crippen LogP contribution in [0.5, 0.6) is 0 Å². The van der Waals surface area contributed by atoms with Crippen molar-refractivity contribution >= 4 is 30.1 Å². The Balaban J connectivity index is 1.50. The molecule has 0 aliphatic carbocycles. The fourth-order valence-corrected chi connectivity index (χ4v) is 4.33. The van der Waals surface area contributed by atoms with E-state index < -0.39 is 54.7 Å². The van der Waals surface area contributed by atoms with Crippen molar-refractivity contribution < 1.29 is 33.3 Å². The number of aromatic amines is 1. The lowest BCUT2D eigenvalue weighted by Gasteiger charge is -2.24. The van der Waals surface area contributed by atoms with Gasteiger partial charge in [-0.25, -0.2) is 19.2 Å². The van der Waals surface area contributed by atoms with Crippen LogP contribution in [0.25, 0.3) is 0 Å². The smallest absolute Gasteiger partial charge is 0.345 e. The summed E-state index contributed by atoms with van der Waals surface area (Å²) < 4.78 is 24.1. The van der Waals surface area contributed by atoms with Gasteiger partial charge in [-0.1, -0.05) is 66.8 Å². The number of carbonyl (C=O) groups excluding carboxylic acids is 3. The Kier molecular flexibility index (Phi) is 8.42. The quantitative estimate of drug-likeness (QED) is 0.189. The summed E-state index contributed by atoms with van der Waals surface area (Å²) in [5.74, 6) is -2.15. The molecule has 11 nitrogen and oxygen atoms in total. The van der Waals surface area contributed by atoms with Crippen LogP contribution in [0.4, 0.5) is 0 Å². The van der Waals surface area contributed by atoms with E-state index in [2.05, 4.69) is 10.1 Å². The number of ether oxygens (including phenoxy) is 4. The summed E-state index contributed by atoms with van der Waals surface area (Å²) >= 11 is 4.99. The molecule has 0 radical (unpaired) electrons. The van der Waals surface area contributed by atoms with Gasteiger partial charge in [-0.05, 0) is 36.4 Å². The van der Waals surface area contributed by atoms with Crippen LogP contribution in [0.2, 0.25) is 0 Å². The third kappa shape index (κ3) is 6.45. The van der Waals surface area contributed by atoms with Gasteiger partial charge in [0.2, 0.25) is 0 Å². The van der Waals surface area contributed by atoms with Gasteiger partial charge in [-0.2, -0.15) is 9.78 Å². The lowest BCUT2D eigenvalue weighted by atomic mass is 10.1. The van der Waals surface area contributed by atoms with Gasteiger partial charge in [-0.15, -0.1) is 0 Å². The SMILES string of the molecule is O=C(OC[C@H]1O[C@@H](n2ncc(=S)[nH]c2=O)[C@@H](OC(=O)c2ccccc2)[C@H]1OC(=O)c1ccccc1)c1ccccc1. The minimum atomic E-state index is -1.37. The van der Waals surface area contributed by atoms with Gasteiger partial charge in [0.05, 0.1) is 22.9 Å². The Bertz CT molecular complexity index is 1640. The highest BCUT2D eigenvalue weighted by molar-refractivity contribution is 7.71. The van der Waals surface area contributed by atoms with E-state index in [4.69, 9.17) is 31.2 Å². The minimum Gasteiger partial charge on any atom is -0.459 e. The summed E-state index contributed by atoms with van der Waals surface area (Å²) in [6.45, 7) is -0.395. The van der Waals surface area contributed by atoms with Gasteiger partial charge < -0.3 is 18.9 Å². The first-order valence-electron chi connectivity index (χ1n) is 12.5. The molecule has 1 aromatic heterocycles. The van der Waals surface area contributed by atoms with Crippen molar-refractivity contribution in [1.82, 2.24) is 14.8 Å². The second-order valence-electron chi connectivity index (χ2n) is 8.89. The Labute approximate surface area is 238 Å². The number of nitrogens with one attached hydrogen (secondary N) is 1. The number of H-pyrrole nitrogens is 1.